The van der Waals surface area contributed by atoms with E-state index in [9.17, 15) is 43.6 Å². The minimum Gasteiger partial charge on any atom is -0.455 e. The summed E-state index contributed by atoms with van der Waals surface area (Å²) in [4.78, 5) is 96.6. The van der Waals surface area contributed by atoms with Crippen molar-refractivity contribution in [3.63, 3.8) is 0 Å². The normalized spacial score (nSPS) is 24.7. The summed E-state index contributed by atoms with van der Waals surface area (Å²) in [7, 11) is -10.1. The van der Waals surface area contributed by atoms with Gasteiger partial charge in [-0.1, -0.05) is 11.5 Å². The minimum absolute atomic E-state index is 0.00659. The molecule has 0 saturated carbocycles. The number of amides is 1. The van der Waals surface area contributed by atoms with Gasteiger partial charge in [0.05, 0.1) is 12.9 Å². The minimum atomic E-state index is -5.23. The van der Waals surface area contributed by atoms with E-state index in [2.05, 4.69) is 39.8 Å². The van der Waals surface area contributed by atoms with Gasteiger partial charge in [0.15, 0.2) is 23.8 Å². The maximum Gasteiger partial charge on any atom is 0.567 e. The summed E-state index contributed by atoms with van der Waals surface area (Å²) >= 11 is 0. The third-order valence-corrected chi connectivity index (χ3v) is 10.2. The fourth-order valence-electron chi connectivity index (χ4n) is 6.10. The number of rotatable bonds is 18. The summed E-state index contributed by atoms with van der Waals surface area (Å²) in [6.45, 7) is 3.21. The predicted molar refractivity (Wildman–Crippen MR) is 202 cm³/mol. The predicted octanol–water partition coefficient (Wildman–Crippen LogP) is 0.252. The molecule has 2 saturated heterocycles. The van der Waals surface area contributed by atoms with E-state index in [0.717, 1.165) is 10.9 Å². The van der Waals surface area contributed by atoms with E-state index in [1.165, 1.54) is 23.2 Å². The Morgan fingerprint density at radius 1 is 1.15 bits per heavy atom. The van der Waals surface area contributed by atoms with Crippen LogP contribution in [0.5, 0.6) is 0 Å². The first-order valence-corrected chi connectivity index (χ1v) is 21.1. The topological polar surface area (TPSA) is 408 Å². The van der Waals surface area contributed by atoms with Crippen LogP contribution in [-0.4, -0.2) is 128 Å². The molecular weight excluding hydrogens is 846 g/mol. The van der Waals surface area contributed by atoms with Gasteiger partial charge in [-0.15, -0.1) is 0 Å². The van der Waals surface area contributed by atoms with E-state index in [4.69, 9.17) is 45.0 Å². The maximum absolute atomic E-state index is 13.8. The van der Waals surface area contributed by atoms with Crippen molar-refractivity contribution in [3.05, 3.63) is 45.8 Å². The Morgan fingerprint density at radius 2 is 1.90 bits per heavy atom. The number of nitrogen functional groups attached to an aromatic ring is 2. The van der Waals surface area contributed by atoms with Crippen LogP contribution in [0.1, 0.15) is 58.9 Å². The van der Waals surface area contributed by atoms with Gasteiger partial charge in [0, 0.05) is 24.1 Å². The number of nitrogens with one attached hydrogen (secondary N) is 1. The maximum atomic E-state index is 13.8. The first kappa shape index (κ1) is 46.4. The molecule has 0 bridgehead atoms. The number of phosphoric ester groups is 1. The van der Waals surface area contributed by atoms with E-state index in [-0.39, 0.29) is 48.6 Å². The molecule has 3 aromatic heterocycles. The number of aromatic nitrogens is 6. The molecule has 1 amide bonds. The largest absolute Gasteiger partial charge is 0.567 e. The highest BCUT2D eigenvalue weighted by molar-refractivity contribution is 7.53. The molecule has 1 unspecified atom stereocenters. The van der Waals surface area contributed by atoms with Crippen LogP contribution in [0.2, 0.25) is 0 Å². The lowest BCUT2D eigenvalue weighted by molar-refractivity contribution is -0.159. The Hall–Kier alpha value is -4.66. The van der Waals surface area contributed by atoms with Crippen molar-refractivity contribution in [1.29, 1.82) is 0 Å². The van der Waals surface area contributed by atoms with Crippen LogP contribution in [0.4, 0.5) is 16.4 Å². The summed E-state index contributed by atoms with van der Waals surface area (Å²) < 4.78 is 53.9. The number of carbonyl (C=O) groups excluding carboxylic acids is 2. The van der Waals surface area contributed by atoms with Crippen molar-refractivity contribution >= 4 is 50.9 Å². The molecule has 0 radical (unpaired) electrons. The van der Waals surface area contributed by atoms with Gasteiger partial charge in [-0.25, -0.2) is 33.9 Å². The lowest BCUT2D eigenvalue weighted by atomic mass is 10.1. The van der Waals surface area contributed by atoms with Crippen molar-refractivity contribution in [2.45, 2.75) is 101 Å². The van der Waals surface area contributed by atoms with Crippen LogP contribution >= 0.6 is 16.0 Å². The Labute approximate surface area is 339 Å². The molecule has 330 valence electrons. The quantitative estimate of drug-likeness (QED) is 0.0212. The molecule has 60 heavy (non-hydrogen) atoms. The third kappa shape index (κ3) is 12.4. The zero-order chi connectivity index (χ0) is 44.0. The zero-order valence-corrected chi connectivity index (χ0v) is 34.0. The Kier molecular flexibility index (Phi) is 15.0. The van der Waals surface area contributed by atoms with Gasteiger partial charge in [0.2, 0.25) is 0 Å². The van der Waals surface area contributed by atoms with Gasteiger partial charge in [0.25, 0.3) is 0 Å². The number of hydrogen-bond acceptors (Lipinski definition) is 22. The average Bonchev–Trinajstić information content (AvgIpc) is 3.83. The van der Waals surface area contributed by atoms with Crippen molar-refractivity contribution in [3.8, 4) is 0 Å². The number of aliphatic hydroxyl groups is 1. The van der Waals surface area contributed by atoms with Crippen LogP contribution in [0.3, 0.4) is 0 Å². The van der Waals surface area contributed by atoms with E-state index >= 15 is 0 Å². The summed E-state index contributed by atoms with van der Waals surface area (Å²) in [5, 5.41) is 17.5. The fraction of sp³-hybridized carbons (Fsp3) is 0.633. The van der Waals surface area contributed by atoms with Gasteiger partial charge >= 0.3 is 33.7 Å². The van der Waals surface area contributed by atoms with Gasteiger partial charge in [-0.3, -0.25) is 18.2 Å². The summed E-state index contributed by atoms with van der Waals surface area (Å²) in [6, 6.07) is -0.0946. The molecule has 0 spiro atoms. The highest BCUT2D eigenvalue weighted by Crippen LogP contribution is 2.51. The number of nitrogens with zero attached hydrogens (tertiary/aromatic N) is 9. The molecule has 2 fully saturated rings. The Morgan fingerprint density at radius 3 is 2.58 bits per heavy atom. The highest BCUT2D eigenvalue weighted by atomic mass is 31.2. The standard InChI is InChI=1S/C30H44N12O16P2/c1-30(2,3)57-29(46)38-15(6-4-5-8-37-40-33)27(44)56-23-18(55-26(22(23)43)42-14-36-21-24(32)34-13-35-25(21)42)12-53-60(50,51)58-16-10-20(41-9-7-19(31)39-28(41)45)54-17(16)11-52-59(47,48)49/h7,9,13-18,20,22-23,26,43,47-49H,4-6,8,10-12H2,1-3H3,(H5-,31,32,34,35,38,39,45,46,50,51)/p+1/t15-,16-,17+,18+,20+,22+,23+,26+/m0/s1. The monoisotopic (exact) mass is 891 g/mol. The smallest absolute Gasteiger partial charge is 0.455 e. The number of ether oxygens (including phenoxy) is 4. The van der Waals surface area contributed by atoms with Crippen molar-refractivity contribution < 1.29 is 71.4 Å². The molecule has 10 N–H and O–H groups in total. The van der Waals surface area contributed by atoms with Crippen LogP contribution < -0.4 is 22.5 Å². The van der Waals surface area contributed by atoms with Gasteiger partial charge in [-0.2, -0.15) is 24.2 Å². The van der Waals surface area contributed by atoms with Crippen LogP contribution in [0.15, 0.2) is 34.8 Å². The molecule has 9 atom stereocenters. The molecule has 0 aliphatic carbocycles. The number of fused-ring (bicyclic) bond motifs is 1. The SMILES string of the molecule is CC(C)(C)OC(=O)N[C@@H](CCCCN=[N+]=[N-])C(=O)O[C@H]1[C@@H](O)[C@H](n2cnc3c(N)ncnc32)O[C@@H]1COP(=O)(O)O[C@H]1C[C@H](n2ccc(N)nc2=O)O[C@@H]1CO[P+](O)(O)O. The second-order valence-electron chi connectivity index (χ2n) is 14.3. The fourth-order valence-corrected chi connectivity index (χ4v) is 7.40. The van der Waals surface area contributed by atoms with E-state index in [1.54, 1.807) is 20.8 Å². The average molecular weight is 892 g/mol. The Balaban J connectivity index is 1.37. The number of phosphoric acid groups is 1. The number of esters is 1. The molecule has 3 aromatic rings. The molecule has 30 heteroatoms. The first-order valence-electron chi connectivity index (χ1n) is 18.0. The van der Waals surface area contributed by atoms with E-state index in [1.807, 2.05) is 0 Å². The van der Waals surface area contributed by atoms with E-state index < -0.39 is 102 Å². The van der Waals surface area contributed by atoms with Gasteiger partial charge < -0.3 is 45.7 Å². The van der Waals surface area contributed by atoms with Crippen LogP contribution in [-0.2, 0) is 41.9 Å². The van der Waals surface area contributed by atoms with Crippen LogP contribution in [0.25, 0.3) is 21.6 Å². The Bertz CT molecular complexity index is 2140. The number of carbonyl (C=O) groups is 2. The van der Waals surface area contributed by atoms with Crippen LogP contribution in [0, 0.1) is 0 Å². The molecular formula is C30H45N12O16P2+. The second-order valence-corrected chi connectivity index (χ2v) is 17.0. The molecule has 5 heterocycles. The van der Waals surface area contributed by atoms with E-state index in [0.29, 0.717) is 6.42 Å². The second kappa shape index (κ2) is 19.4. The van der Waals surface area contributed by atoms with Crippen molar-refractivity contribution in [1.82, 2.24) is 34.4 Å². The number of alkyl carbamates (subject to hydrolysis) is 1. The number of aliphatic hydroxyl groups excluding tert-OH is 1. The molecule has 0 aromatic carbocycles. The number of nitrogens with two attached hydrogens (primary N) is 2. The lowest BCUT2D eigenvalue weighted by Gasteiger charge is -2.26. The number of azide groups is 1. The third-order valence-electron chi connectivity index (χ3n) is 8.69. The molecule has 28 nitrogen and oxygen atoms in total. The number of unbranched alkanes of at least 4 members (excludes halogenated alkanes) is 1. The zero-order valence-electron chi connectivity index (χ0n) is 32.2. The summed E-state index contributed by atoms with van der Waals surface area (Å²) in [5.74, 6) is -1.19. The van der Waals surface area contributed by atoms with Gasteiger partial charge in [0.1, 0.15) is 66.6 Å². The number of imidazole rings is 1. The highest BCUT2D eigenvalue weighted by Gasteiger charge is 2.50. The summed E-state index contributed by atoms with van der Waals surface area (Å²) in [5.41, 5.74) is 18.5. The molecule has 5 rings (SSSR count). The summed E-state index contributed by atoms with van der Waals surface area (Å²) in [6.07, 6.45) is -7.68. The molecule has 2 aliphatic rings. The first-order chi connectivity index (χ1) is 28.1. The van der Waals surface area contributed by atoms with Crippen molar-refractivity contribution in [2.24, 2.45) is 5.11 Å². The molecule has 2 aliphatic heterocycles. The van der Waals surface area contributed by atoms with Crippen molar-refractivity contribution in [2.75, 3.05) is 31.2 Å². The van der Waals surface area contributed by atoms with Gasteiger partial charge in [-0.05, 0) is 45.2 Å². The number of anilines is 2. The lowest BCUT2D eigenvalue weighted by Crippen LogP contribution is -2.47. The number of hydrogen-bond donors (Lipinski definition) is 8.